The maximum Gasteiger partial charge on any atom is 0.354 e. The topological polar surface area (TPSA) is 59.4 Å². The summed E-state index contributed by atoms with van der Waals surface area (Å²) in [6.45, 7) is 0.328. The molecule has 0 saturated heterocycles. The van der Waals surface area contributed by atoms with Gasteiger partial charge in [0.1, 0.15) is 18.1 Å². The molecule has 5 heteroatoms. The number of aromatic carboxylic acids is 1. The Balaban J connectivity index is 1.97. The largest absolute Gasteiger partial charge is 0.489 e. The first-order valence-corrected chi connectivity index (χ1v) is 5.59. The zero-order valence-electron chi connectivity index (χ0n) is 9.34. The quantitative estimate of drug-likeness (QED) is 0.921. The number of hydrogen-bond donors (Lipinski definition) is 1. The second-order valence-electron chi connectivity index (χ2n) is 3.60. The van der Waals surface area contributed by atoms with Gasteiger partial charge in [-0.2, -0.15) is 0 Å². The first kappa shape index (κ1) is 12.4. The second-order valence-corrected chi connectivity index (χ2v) is 4.04. The van der Waals surface area contributed by atoms with Gasteiger partial charge in [0.15, 0.2) is 0 Å². The Morgan fingerprint density at radius 1 is 1.22 bits per heavy atom. The van der Waals surface area contributed by atoms with E-state index < -0.39 is 5.97 Å². The van der Waals surface area contributed by atoms with Gasteiger partial charge in [-0.1, -0.05) is 17.7 Å². The standard InChI is InChI=1S/C13H10ClNO3/c14-10-2-4-11(5-3-10)18-8-9-1-6-12(13(16)17)15-7-9/h1-7H,8H2,(H,16,17). The minimum absolute atomic E-state index is 0.0187. The number of ether oxygens (including phenoxy) is 1. The van der Waals surface area contributed by atoms with Gasteiger partial charge in [0, 0.05) is 16.8 Å². The van der Waals surface area contributed by atoms with Crippen molar-refractivity contribution in [1.29, 1.82) is 0 Å². The van der Waals surface area contributed by atoms with Crippen molar-refractivity contribution in [2.75, 3.05) is 0 Å². The van der Waals surface area contributed by atoms with E-state index in [1.807, 2.05) is 0 Å². The van der Waals surface area contributed by atoms with Crippen LogP contribution >= 0.6 is 11.6 Å². The number of carboxylic acids is 1. The Labute approximate surface area is 109 Å². The Morgan fingerprint density at radius 2 is 1.94 bits per heavy atom. The van der Waals surface area contributed by atoms with Crippen LogP contribution in [0, 0.1) is 0 Å². The molecule has 1 heterocycles. The molecule has 0 fully saturated rings. The summed E-state index contributed by atoms with van der Waals surface area (Å²) >= 11 is 5.75. The highest BCUT2D eigenvalue weighted by molar-refractivity contribution is 6.30. The molecule has 4 nitrogen and oxygen atoms in total. The average molecular weight is 264 g/mol. The molecule has 0 aliphatic heterocycles. The van der Waals surface area contributed by atoms with Gasteiger partial charge in [-0.15, -0.1) is 0 Å². The zero-order valence-corrected chi connectivity index (χ0v) is 10.1. The first-order valence-electron chi connectivity index (χ1n) is 5.22. The molecule has 0 aliphatic rings. The van der Waals surface area contributed by atoms with Crippen molar-refractivity contribution in [1.82, 2.24) is 4.98 Å². The molecule has 1 N–H and O–H groups in total. The SMILES string of the molecule is O=C(O)c1ccc(COc2ccc(Cl)cc2)cn1. The third-order valence-corrected chi connectivity index (χ3v) is 2.51. The van der Waals surface area contributed by atoms with Crippen molar-refractivity contribution in [3.8, 4) is 5.75 Å². The Kier molecular flexibility index (Phi) is 3.79. The van der Waals surface area contributed by atoms with Crippen molar-refractivity contribution in [2.24, 2.45) is 0 Å². The van der Waals surface area contributed by atoms with Crippen LogP contribution in [0.3, 0.4) is 0 Å². The van der Waals surface area contributed by atoms with E-state index in [0.717, 1.165) is 5.56 Å². The highest BCUT2D eigenvalue weighted by Crippen LogP contribution is 2.16. The van der Waals surface area contributed by atoms with E-state index in [1.54, 1.807) is 30.3 Å². The van der Waals surface area contributed by atoms with Crippen LogP contribution in [0.4, 0.5) is 0 Å². The van der Waals surface area contributed by atoms with Gasteiger partial charge in [-0.3, -0.25) is 0 Å². The van der Waals surface area contributed by atoms with Crippen LogP contribution in [0.5, 0.6) is 5.75 Å². The summed E-state index contributed by atoms with van der Waals surface area (Å²) in [5.74, 6) is -0.345. The molecule has 2 aromatic rings. The smallest absolute Gasteiger partial charge is 0.354 e. The monoisotopic (exact) mass is 263 g/mol. The maximum atomic E-state index is 10.6. The number of halogens is 1. The number of benzene rings is 1. The highest BCUT2D eigenvalue weighted by Gasteiger charge is 2.03. The normalized spacial score (nSPS) is 10.1. The number of hydrogen-bond acceptors (Lipinski definition) is 3. The fourth-order valence-electron chi connectivity index (χ4n) is 1.33. The summed E-state index contributed by atoms with van der Waals surface area (Å²) in [7, 11) is 0. The maximum absolute atomic E-state index is 10.6. The van der Waals surface area contributed by atoms with Crippen molar-refractivity contribution in [3.63, 3.8) is 0 Å². The van der Waals surface area contributed by atoms with Gasteiger partial charge in [0.2, 0.25) is 0 Å². The van der Waals surface area contributed by atoms with Gasteiger partial charge in [-0.25, -0.2) is 9.78 Å². The summed E-state index contributed by atoms with van der Waals surface area (Å²) in [6, 6.07) is 10.1. The van der Waals surface area contributed by atoms with Crippen molar-refractivity contribution < 1.29 is 14.6 Å². The van der Waals surface area contributed by atoms with Crippen LogP contribution in [0.1, 0.15) is 16.1 Å². The fraction of sp³-hybridized carbons (Fsp3) is 0.0769. The van der Waals surface area contributed by atoms with E-state index in [9.17, 15) is 4.79 Å². The number of rotatable bonds is 4. The number of pyridine rings is 1. The minimum Gasteiger partial charge on any atom is -0.489 e. The molecule has 92 valence electrons. The summed E-state index contributed by atoms with van der Waals surface area (Å²) < 4.78 is 5.50. The molecule has 0 saturated carbocycles. The predicted molar refractivity (Wildman–Crippen MR) is 67.0 cm³/mol. The van der Waals surface area contributed by atoms with Crippen LogP contribution in [0.15, 0.2) is 42.6 Å². The van der Waals surface area contributed by atoms with Crippen LogP contribution in [0.25, 0.3) is 0 Å². The lowest BCUT2D eigenvalue weighted by atomic mass is 10.2. The van der Waals surface area contributed by atoms with Gasteiger partial charge in [0.25, 0.3) is 0 Å². The molecular formula is C13H10ClNO3. The Hall–Kier alpha value is -2.07. The van der Waals surface area contributed by atoms with Crippen molar-refractivity contribution in [2.45, 2.75) is 6.61 Å². The molecular weight excluding hydrogens is 254 g/mol. The summed E-state index contributed by atoms with van der Waals surface area (Å²) in [5, 5.41) is 9.35. The van der Waals surface area contributed by atoms with E-state index >= 15 is 0 Å². The van der Waals surface area contributed by atoms with E-state index in [1.165, 1.54) is 12.3 Å². The number of nitrogens with zero attached hydrogens (tertiary/aromatic N) is 1. The second kappa shape index (κ2) is 5.51. The lowest BCUT2D eigenvalue weighted by molar-refractivity contribution is 0.0690. The number of aromatic nitrogens is 1. The first-order chi connectivity index (χ1) is 8.65. The summed E-state index contributed by atoms with van der Waals surface area (Å²) in [5.41, 5.74) is 0.820. The zero-order chi connectivity index (χ0) is 13.0. The summed E-state index contributed by atoms with van der Waals surface area (Å²) in [6.07, 6.45) is 1.49. The van der Waals surface area contributed by atoms with E-state index in [-0.39, 0.29) is 5.69 Å². The fourth-order valence-corrected chi connectivity index (χ4v) is 1.46. The molecule has 0 bridgehead atoms. The molecule has 0 spiro atoms. The molecule has 0 aliphatic carbocycles. The van der Waals surface area contributed by atoms with E-state index in [2.05, 4.69) is 4.98 Å². The third kappa shape index (κ3) is 3.21. The molecule has 0 atom stereocenters. The van der Waals surface area contributed by atoms with E-state index in [4.69, 9.17) is 21.4 Å². The van der Waals surface area contributed by atoms with Crippen LogP contribution in [-0.4, -0.2) is 16.1 Å². The van der Waals surface area contributed by atoms with E-state index in [0.29, 0.717) is 17.4 Å². The molecule has 1 aromatic heterocycles. The lowest BCUT2D eigenvalue weighted by Crippen LogP contribution is -2.02. The van der Waals surface area contributed by atoms with Crippen molar-refractivity contribution >= 4 is 17.6 Å². The number of carboxylic acid groups (broad SMARTS) is 1. The lowest BCUT2D eigenvalue weighted by Gasteiger charge is -2.06. The number of carbonyl (C=O) groups is 1. The van der Waals surface area contributed by atoms with Gasteiger partial charge in [0.05, 0.1) is 0 Å². The van der Waals surface area contributed by atoms with Crippen molar-refractivity contribution in [3.05, 3.63) is 58.9 Å². The summed E-state index contributed by atoms with van der Waals surface area (Å²) in [4.78, 5) is 14.4. The molecule has 2 rings (SSSR count). The Morgan fingerprint density at radius 3 is 2.50 bits per heavy atom. The highest BCUT2D eigenvalue weighted by atomic mass is 35.5. The molecule has 0 radical (unpaired) electrons. The Bertz CT molecular complexity index is 537. The van der Waals surface area contributed by atoms with Gasteiger partial charge in [-0.05, 0) is 30.3 Å². The molecule has 1 aromatic carbocycles. The molecule has 0 unspecified atom stereocenters. The van der Waals surface area contributed by atoms with Crippen LogP contribution in [0.2, 0.25) is 5.02 Å². The van der Waals surface area contributed by atoms with Crippen LogP contribution < -0.4 is 4.74 Å². The molecule has 0 amide bonds. The minimum atomic E-state index is -1.04. The third-order valence-electron chi connectivity index (χ3n) is 2.26. The van der Waals surface area contributed by atoms with Gasteiger partial charge >= 0.3 is 5.97 Å². The molecule has 18 heavy (non-hydrogen) atoms. The predicted octanol–water partition coefficient (Wildman–Crippen LogP) is 3.01. The average Bonchev–Trinajstić information content (AvgIpc) is 2.38. The van der Waals surface area contributed by atoms with Crippen LogP contribution in [-0.2, 0) is 6.61 Å². The van der Waals surface area contributed by atoms with Gasteiger partial charge < -0.3 is 9.84 Å².